The molecule has 156 valence electrons. The Morgan fingerprint density at radius 1 is 0.935 bits per heavy atom. The fourth-order valence-electron chi connectivity index (χ4n) is 3.88. The van der Waals surface area contributed by atoms with E-state index in [-0.39, 0.29) is 0 Å². The van der Waals surface area contributed by atoms with E-state index in [0.717, 1.165) is 38.7 Å². The Bertz CT molecular complexity index is 1230. The first-order valence-corrected chi connectivity index (χ1v) is 10.7. The van der Waals surface area contributed by atoms with E-state index in [1.54, 1.807) is 12.4 Å². The van der Waals surface area contributed by atoms with Gasteiger partial charge in [0.15, 0.2) is 0 Å². The van der Waals surface area contributed by atoms with Gasteiger partial charge in [-0.1, -0.05) is 38.1 Å². The fraction of sp³-hybridized carbons (Fsp3) is 0.214. The molecular formula is C28H28N2O. The van der Waals surface area contributed by atoms with E-state index in [2.05, 4.69) is 72.4 Å². The molecule has 0 fully saturated rings. The van der Waals surface area contributed by atoms with Crippen LogP contribution in [0.3, 0.4) is 0 Å². The minimum Gasteiger partial charge on any atom is -0.386 e. The molecule has 0 amide bonds. The van der Waals surface area contributed by atoms with Gasteiger partial charge in [-0.05, 0) is 90.1 Å². The molecule has 0 spiro atoms. The molecule has 3 heteroatoms. The lowest BCUT2D eigenvalue weighted by molar-refractivity contribution is 0.144. The van der Waals surface area contributed by atoms with Crippen molar-refractivity contribution in [1.29, 1.82) is 0 Å². The third kappa shape index (κ3) is 4.57. The van der Waals surface area contributed by atoms with Crippen LogP contribution in [-0.2, 0) is 0 Å². The molecule has 0 unspecified atom stereocenters. The summed E-state index contributed by atoms with van der Waals surface area (Å²) in [7, 11) is 0. The van der Waals surface area contributed by atoms with Gasteiger partial charge in [-0.15, -0.1) is 0 Å². The van der Waals surface area contributed by atoms with Gasteiger partial charge in [-0.2, -0.15) is 0 Å². The first-order valence-electron chi connectivity index (χ1n) is 10.7. The van der Waals surface area contributed by atoms with E-state index in [0.29, 0.717) is 5.92 Å². The quantitative estimate of drug-likeness (QED) is 0.398. The van der Waals surface area contributed by atoms with E-state index in [1.165, 1.54) is 5.56 Å². The lowest BCUT2D eigenvalue weighted by Gasteiger charge is -2.22. The topological polar surface area (TPSA) is 46.0 Å². The maximum absolute atomic E-state index is 10.8. The first kappa shape index (κ1) is 21.0. The molecule has 4 rings (SSSR count). The Morgan fingerprint density at radius 3 is 2.42 bits per heavy atom. The predicted octanol–water partition coefficient (Wildman–Crippen LogP) is 6.73. The van der Waals surface area contributed by atoms with Gasteiger partial charge < -0.3 is 5.11 Å². The molecule has 0 radical (unpaired) electrons. The van der Waals surface area contributed by atoms with Crippen molar-refractivity contribution >= 4 is 22.6 Å². The van der Waals surface area contributed by atoms with Crippen molar-refractivity contribution < 1.29 is 5.11 Å². The van der Waals surface area contributed by atoms with Crippen LogP contribution in [0.4, 0.5) is 0 Å². The molecular weight excluding hydrogens is 380 g/mol. The van der Waals surface area contributed by atoms with E-state index in [4.69, 9.17) is 0 Å². The zero-order valence-corrected chi connectivity index (χ0v) is 18.5. The number of fused-ring (bicyclic) bond motifs is 1. The van der Waals surface area contributed by atoms with E-state index in [9.17, 15) is 5.11 Å². The molecule has 2 aromatic carbocycles. The zero-order valence-electron chi connectivity index (χ0n) is 18.5. The molecule has 0 aliphatic heterocycles. The van der Waals surface area contributed by atoms with Crippen LogP contribution in [0.15, 0.2) is 79.3 Å². The highest BCUT2D eigenvalue weighted by atomic mass is 16.3. The van der Waals surface area contributed by atoms with E-state index in [1.807, 2.05) is 38.2 Å². The van der Waals surface area contributed by atoms with Crippen molar-refractivity contribution in [3.63, 3.8) is 0 Å². The summed E-state index contributed by atoms with van der Waals surface area (Å²) >= 11 is 0. The molecule has 0 aliphatic carbocycles. The average molecular weight is 409 g/mol. The van der Waals surface area contributed by atoms with E-state index < -0.39 is 5.60 Å². The summed E-state index contributed by atoms with van der Waals surface area (Å²) in [6.45, 7) is 8.05. The number of hydrogen-bond acceptors (Lipinski definition) is 3. The van der Waals surface area contributed by atoms with Crippen LogP contribution in [-0.4, -0.2) is 20.7 Å². The highest BCUT2D eigenvalue weighted by Crippen LogP contribution is 2.34. The molecule has 2 heterocycles. The van der Waals surface area contributed by atoms with Crippen LogP contribution in [0.2, 0.25) is 0 Å². The van der Waals surface area contributed by atoms with Gasteiger partial charge in [0.05, 0.1) is 11.1 Å². The van der Waals surface area contributed by atoms with Gasteiger partial charge in [0.2, 0.25) is 0 Å². The van der Waals surface area contributed by atoms with Crippen molar-refractivity contribution in [2.45, 2.75) is 39.2 Å². The summed E-state index contributed by atoms with van der Waals surface area (Å²) in [5.74, 6) is 0.430. The van der Waals surface area contributed by atoms with Gasteiger partial charge in [0, 0.05) is 29.5 Å². The number of rotatable bonds is 5. The average Bonchev–Trinajstić information content (AvgIpc) is 2.76. The molecule has 2 aromatic heterocycles. The van der Waals surface area contributed by atoms with Gasteiger partial charge in [0.1, 0.15) is 0 Å². The summed E-state index contributed by atoms with van der Waals surface area (Å²) in [4.78, 5) is 8.78. The van der Waals surface area contributed by atoms with Crippen LogP contribution < -0.4 is 0 Å². The predicted molar refractivity (Wildman–Crippen MR) is 130 cm³/mol. The third-order valence-corrected chi connectivity index (χ3v) is 5.55. The first-order chi connectivity index (χ1) is 14.8. The number of benzene rings is 2. The summed E-state index contributed by atoms with van der Waals surface area (Å²) in [6.07, 6.45) is 7.41. The Labute approximate surface area is 184 Å². The molecule has 4 aromatic rings. The van der Waals surface area contributed by atoms with Crippen molar-refractivity contribution in [2.75, 3.05) is 0 Å². The van der Waals surface area contributed by atoms with Crippen LogP contribution in [0.5, 0.6) is 0 Å². The Morgan fingerprint density at radius 2 is 1.71 bits per heavy atom. The van der Waals surface area contributed by atoms with Crippen LogP contribution in [0.1, 0.15) is 50.3 Å². The van der Waals surface area contributed by atoms with Crippen molar-refractivity contribution in [3.05, 3.63) is 95.9 Å². The minimum atomic E-state index is -0.983. The number of aliphatic hydroxyl groups is 1. The third-order valence-electron chi connectivity index (χ3n) is 5.55. The zero-order chi connectivity index (χ0) is 22.0. The van der Waals surface area contributed by atoms with Crippen molar-refractivity contribution in [2.24, 2.45) is 0 Å². The molecule has 0 saturated carbocycles. The largest absolute Gasteiger partial charge is 0.386 e. The second-order valence-electron chi connectivity index (χ2n) is 8.78. The SMILES string of the molecule is CC(C)c1cc(-c2cccc(/C=C(\c3ccncc3)C(C)(C)O)c2)c2ncccc2c1. The molecule has 1 N–H and O–H groups in total. The molecule has 0 bridgehead atoms. The highest BCUT2D eigenvalue weighted by Gasteiger charge is 2.21. The lowest BCUT2D eigenvalue weighted by Crippen LogP contribution is -2.20. The molecule has 31 heavy (non-hydrogen) atoms. The van der Waals surface area contributed by atoms with Crippen LogP contribution in [0, 0.1) is 0 Å². The summed E-state index contributed by atoms with van der Waals surface area (Å²) < 4.78 is 0. The number of pyridine rings is 2. The van der Waals surface area contributed by atoms with Crippen LogP contribution in [0.25, 0.3) is 33.7 Å². The molecule has 0 saturated heterocycles. The second-order valence-corrected chi connectivity index (χ2v) is 8.78. The van der Waals surface area contributed by atoms with Crippen LogP contribution >= 0.6 is 0 Å². The standard InChI is InChI=1S/C28H28N2O/c1-19(2)24-17-23-9-6-12-30-27(23)25(18-24)22-8-5-7-20(15-22)16-26(28(3,4)31)21-10-13-29-14-11-21/h5-19,31H,1-4H3/b26-16+. The Hall–Kier alpha value is -3.30. The molecule has 0 aliphatic rings. The summed E-state index contributed by atoms with van der Waals surface area (Å²) in [5.41, 5.74) is 6.41. The smallest absolute Gasteiger partial charge is 0.0846 e. The molecule has 3 nitrogen and oxygen atoms in total. The number of hydrogen-bond donors (Lipinski definition) is 1. The van der Waals surface area contributed by atoms with E-state index >= 15 is 0 Å². The minimum absolute atomic E-state index is 0.430. The number of nitrogens with zero attached hydrogens (tertiary/aromatic N) is 2. The maximum atomic E-state index is 10.8. The Kier molecular flexibility index (Phi) is 5.71. The number of aromatic nitrogens is 2. The van der Waals surface area contributed by atoms with Gasteiger partial charge in [-0.25, -0.2) is 0 Å². The molecule has 0 atom stereocenters. The summed E-state index contributed by atoms with van der Waals surface area (Å²) in [6, 6.07) is 20.9. The van der Waals surface area contributed by atoms with Crippen molar-refractivity contribution in [3.8, 4) is 11.1 Å². The Balaban J connectivity index is 1.87. The maximum Gasteiger partial charge on any atom is 0.0846 e. The normalized spacial score (nSPS) is 12.5. The van der Waals surface area contributed by atoms with Crippen molar-refractivity contribution in [1.82, 2.24) is 9.97 Å². The summed E-state index contributed by atoms with van der Waals surface area (Å²) in [5, 5.41) is 12.0. The fourth-order valence-corrected chi connectivity index (χ4v) is 3.88. The second kappa shape index (κ2) is 8.44. The van der Waals surface area contributed by atoms with Gasteiger partial charge in [0.25, 0.3) is 0 Å². The van der Waals surface area contributed by atoms with Gasteiger partial charge >= 0.3 is 0 Å². The lowest BCUT2D eigenvalue weighted by atomic mass is 9.89. The van der Waals surface area contributed by atoms with Gasteiger partial charge in [-0.3, -0.25) is 9.97 Å². The highest BCUT2D eigenvalue weighted by molar-refractivity contribution is 5.95. The monoisotopic (exact) mass is 408 g/mol.